The first-order valence-corrected chi connectivity index (χ1v) is 4.93. The molecule has 78 valence electrons. The van der Waals surface area contributed by atoms with Gasteiger partial charge in [-0.05, 0) is 24.5 Å². The molecule has 0 fully saturated rings. The lowest BCUT2D eigenvalue weighted by molar-refractivity contribution is 0.266. The minimum absolute atomic E-state index is 0.243. The summed E-state index contributed by atoms with van der Waals surface area (Å²) in [5, 5.41) is 12.0. The Kier molecular flexibility index (Phi) is 4.26. The van der Waals surface area contributed by atoms with Crippen LogP contribution in [-0.4, -0.2) is 18.3 Å². The van der Waals surface area contributed by atoms with E-state index >= 15 is 0 Å². The van der Waals surface area contributed by atoms with Crippen LogP contribution in [0.2, 0.25) is 0 Å². The number of para-hydroxylation sites is 2. The van der Waals surface area contributed by atoms with Gasteiger partial charge in [-0.25, -0.2) is 0 Å². The molecule has 0 saturated carbocycles. The molecule has 0 aliphatic carbocycles. The molecular weight excluding hydrogens is 176 g/mol. The molecule has 0 saturated heterocycles. The van der Waals surface area contributed by atoms with E-state index in [1.807, 2.05) is 24.3 Å². The van der Waals surface area contributed by atoms with E-state index in [0.717, 1.165) is 24.3 Å². The molecule has 0 aliphatic heterocycles. The highest BCUT2D eigenvalue weighted by atomic mass is 16.3. The molecule has 3 heteroatoms. The second-order valence-electron chi connectivity index (χ2n) is 3.59. The van der Waals surface area contributed by atoms with Gasteiger partial charge < -0.3 is 16.2 Å². The monoisotopic (exact) mass is 194 g/mol. The number of nitrogens with two attached hydrogens (primary N) is 1. The third-order valence-electron chi connectivity index (χ3n) is 2.22. The van der Waals surface area contributed by atoms with Crippen LogP contribution in [0.25, 0.3) is 0 Å². The molecule has 3 nitrogen and oxygen atoms in total. The van der Waals surface area contributed by atoms with E-state index in [0.29, 0.717) is 5.92 Å². The number of hydrogen-bond donors (Lipinski definition) is 3. The van der Waals surface area contributed by atoms with Crippen molar-refractivity contribution in [3.8, 4) is 0 Å². The average Bonchev–Trinajstić information content (AvgIpc) is 2.17. The van der Waals surface area contributed by atoms with E-state index in [4.69, 9.17) is 10.8 Å². The largest absolute Gasteiger partial charge is 0.397 e. The van der Waals surface area contributed by atoms with Crippen LogP contribution in [-0.2, 0) is 0 Å². The van der Waals surface area contributed by atoms with Crippen molar-refractivity contribution in [3.05, 3.63) is 24.3 Å². The highest BCUT2D eigenvalue weighted by Gasteiger charge is 2.02. The Hall–Kier alpha value is -1.22. The summed E-state index contributed by atoms with van der Waals surface area (Å²) >= 11 is 0. The van der Waals surface area contributed by atoms with Crippen LogP contribution in [0.4, 0.5) is 11.4 Å². The van der Waals surface area contributed by atoms with Crippen molar-refractivity contribution in [1.82, 2.24) is 0 Å². The van der Waals surface area contributed by atoms with Gasteiger partial charge in [0.25, 0.3) is 0 Å². The normalized spacial score (nSPS) is 12.4. The van der Waals surface area contributed by atoms with E-state index < -0.39 is 0 Å². The van der Waals surface area contributed by atoms with Crippen LogP contribution in [0.3, 0.4) is 0 Å². The summed E-state index contributed by atoms with van der Waals surface area (Å²) < 4.78 is 0. The van der Waals surface area contributed by atoms with Gasteiger partial charge in [-0.2, -0.15) is 0 Å². The maximum absolute atomic E-state index is 8.74. The first-order valence-electron chi connectivity index (χ1n) is 4.93. The van der Waals surface area contributed by atoms with Gasteiger partial charge >= 0.3 is 0 Å². The number of aliphatic hydroxyl groups excluding tert-OH is 1. The molecule has 0 aliphatic rings. The molecule has 0 radical (unpaired) electrons. The predicted octanol–water partition coefficient (Wildman–Crippen LogP) is 1.70. The van der Waals surface area contributed by atoms with Gasteiger partial charge in [0.05, 0.1) is 11.4 Å². The van der Waals surface area contributed by atoms with Crippen LogP contribution in [0.1, 0.15) is 13.3 Å². The van der Waals surface area contributed by atoms with Gasteiger partial charge in [-0.1, -0.05) is 19.1 Å². The molecule has 1 unspecified atom stereocenters. The van der Waals surface area contributed by atoms with E-state index in [1.54, 1.807) is 0 Å². The van der Waals surface area contributed by atoms with Crippen LogP contribution in [0.5, 0.6) is 0 Å². The number of rotatable bonds is 5. The Morgan fingerprint density at radius 2 is 2.14 bits per heavy atom. The fraction of sp³-hybridized carbons (Fsp3) is 0.455. The SMILES string of the molecule is CC(CCO)CNc1ccccc1N. The van der Waals surface area contributed by atoms with Crippen molar-refractivity contribution in [1.29, 1.82) is 0 Å². The van der Waals surface area contributed by atoms with E-state index in [1.165, 1.54) is 0 Å². The van der Waals surface area contributed by atoms with Crippen molar-refractivity contribution >= 4 is 11.4 Å². The van der Waals surface area contributed by atoms with Crippen molar-refractivity contribution in [3.63, 3.8) is 0 Å². The van der Waals surface area contributed by atoms with Crippen molar-refractivity contribution in [2.24, 2.45) is 5.92 Å². The molecular formula is C11H18N2O. The quantitative estimate of drug-likeness (QED) is 0.625. The zero-order valence-corrected chi connectivity index (χ0v) is 8.53. The van der Waals surface area contributed by atoms with Crippen molar-refractivity contribution in [2.75, 3.05) is 24.2 Å². The summed E-state index contributed by atoms with van der Waals surface area (Å²) in [7, 11) is 0. The molecule has 0 spiro atoms. The minimum Gasteiger partial charge on any atom is -0.397 e. The second-order valence-corrected chi connectivity index (χ2v) is 3.59. The Labute approximate surface area is 84.9 Å². The number of nitrogen functional groups attached to an aromatic ring is 1. The van der Waals surface area contributed by atoms with Crippen molar-refractivity contribution in [2.45, 2.75) is 13.3 Å². The zero-order chi connectivity index (χ0) is 10.4. The summed E-state index contributed by atoms with van der Waals surface area (Å²) in [4.78, 5) is 0. The molecule has 4 N–H and O–H groups in total. The molecule has 1 aromatic rings. The van der Waals surface area contributed by atoms with Crippen LogP contribution in [0, 0.1) is 5.92 Å². The summed E-state index contributed by atoms with van der Waals surface area (Å²) in [5.74, 6) is 0.458. The molecule has 0 bridgehead atoms. The lowest BCUT2D eigenvalue weighted by atomic mass is 10.1. The van der Waals surface area contributed by atoms with Crippen LogP contribution in [0.15, 0.2) is 24.3 Å². The Balaban J connectivity index is 2.41. The predicted molar refractivity (Wildman–Crippen MR) is 60.2 cm³/mol. The number of hydrogen-bond acceptors (Lipinski definition) is 3. The second kappa shape index (κ2) is 5.50. The molecule has 0 heterocycles. The third kappa shape index (κ3) is 3.26. The highest BCUT2D eigenvalue weighted by Crippen LogP contribution is 2.17. The fourth-order valence-corrected chi connectivity index (χ4v) is 1.26. The van der Waals surface area contributed by atoms with Crippen LogP contribution >= 0.6 is 0 Å². The minimum atomic E-state index is 0.243. The maximum atomic E-state index is 8.74. The highest BCUT2D eigenvalue weighted by molar-refractivity contribution is 5.65. The lowest BCUT2D eigenvalue weighted by Crippen LogP contribution is -2.13. The first-order chi connectivity index (χ1) is 6.74. The summed E-state index contributed by atoms with van der Waals surface area (Å²) in [6.45, 7) is 3.18. The first kappa shape index (κ1) is 10.9. The third-order valence-corrected chi connectivity index (χ3v) is 2.22. The number of anilines is 2. The Morgan fingerprint density at radius 3 is 2.79 bits per heavy atom. The van der Waals surface area contributed by atoms with E-state index in [2.05, 4.69) is 12.2 Å². The average molecular weight is 194 g/mol. The van der Waals surface area contributed by atoms with Gasteiger partial charge in [-0.3, -0.25) is 0 Å². The lowest BCUT2D eigenvalue weighted by Gasteiger charge is -2.13. The molecule has 1 atom stereocenters. The number of nitrogens with one attached hydrogen (secondary N) is 1. The molecule has 14 heavy (non-hydrogen) atoms. The molecule has 1 aromatic carbocycles. The van der Waals surface area contributed by atoms with Gasteiger partial charge in [-0.15, -0.1) is 0 Å². The summed E-state index contributed by atoms with van der Waals surface area (Å²) in [5.41, 5.74) is 7.51. The van der Waals surface area contributed by atoms with Crippen molar-refractivity contribution < 1.29 is 5.11 Å². The molecule has 0 amide bonds. The Morgan fingerprint density at radius 1 is 1.43 bits per heavy atom. The summed E-state index contributed by atoms with van der Waals surface area (Å²) in [6, 6.07) is 7.70. The fourth-order valence-electron chi connectivity index (χ4n) is 1.26. The standard InChI is InChI=1S/C11H18N2O/c1-9(6-7-14)8-13-11-5-3-2-4-10(11)12/h2-5,9,13-14H,6-8,12H2,1H3. The maximum Gasteiger partial charge on any atom is 0.0573 e. The van der Waals surface area contributed by atoms with Gasteiger partial charge in [0.1, 0.15) is 0 Å². The molecule has 0 aromatic heterocycles. The smallest absolute Gasteiger partial charge is 0.0573 e. The van der Waals surface area contributed by atoms with E-state index in [9.17, 15) is 0 Å². The number of benzene rings is 1. The number of aliphatic hydroxyl groups is 1. The van der Waals surface area contributed by atoms with E-state index in [-0.39, 0.29) is 6.61 Å². The topological polar surface area (TPSA) is 58.3 Å². The Bertz CT molecular complexity index is 276. The molecule has 1 rings (SSSR count). The van der Waals surface area contributed by atoms with Gasteiger partial charge in [0, 0.05) is 13.2 Å². The van der Waals surface area contributed by atoms with Gasteiger partial charge in [0.15, 0.2) is 0 Å². The van der Waals surface area contributed by atoms with Crippen LogP contribution < -0.4 is 11.1 Å². The van der Waals surface area contributed by atoms with Gasteiger partial charge in [0.2, 0.25) is 0 Å². The summed E-state index contributed by atoms with van der Waals surface area (Å²) in [6.07, 6.45) is 0.819. The zero-order valence-electron chi connectivity index (χ0n) is 8.53.